The number of hydrogen-bond acceptors (Lipinski definition) is 3. The average molecular weight is 198 g/mol. The summed E-state index contributed by atoms with van der Waals surface area (Å²) in [5.74, 6) is 0.454. The van der Waals surface area contributed by atoms with Crippen LogP contribution in [0.25, 0.3) is 0 Å². The first kappa shape index (κ1) is 11.7. The van der Waals surface area contributed by atoms with Gasteiger partial charge in [0, 0.05) is 18.5 Å². The van der Waals surface area contributed by atoms with Gasteiger partial charge in [0.2, 0.25) is 0 Å². The summed E-state index contributed by atoms with van der Waals surface area (Å²) < 4.78 is 0. The summed E-state index contributed by atoms with van der Waals surface area (Å²) in [6, 6.07) is 0.777. The first-order valence-electron chi connectivity index (χ1n) is 5.56. The lowest BCUT2D eigenvalue weighted by atomic mass is 10.1. The van der Waals surface area contributed by atoms with Crippen molar-refractivity contribution in [2.45, 2.75) is 31.7 Å². The summed E-state index contributed by atoms with van der Waals surface area (Å²) in [5, 5.41) is 3.37. The van der Waals surface area contributed by atoms with Gasteiger partial charge in [0.15, 0.2) is 0 Å². The zero-order valence-electron chi connectivity index (χ0n) is 9.33. The molecule has 0 aromatic carbocycles. The molecule has 14 heavy (non-hydrogen) atoms. The zero-order chi connectivity index (χ0) is 10.4. The number of nitrogens with one attached hydrogen (secondary N) is 1. The van der Waals surface area contributed by atoms with Crippen molar-refractivity contribution in [3.8, 4) is 0 Å². The van der Waals surface area contributed by atoms with Crippen molar-refractivity contribution in [2.24, 2.45) is 5.92 Å². The lowest BCUT2D eigenvalue weighted by molar-refractivity contribution is -0.108. The molecule has 0 bridgehead atoms. The Bertz CT molecular complexity index is 161. The van der Waals surface area contributed by atoms with Crippen LogP contribution >= 0.6 is 0 Å². The number of hydrogen-bond donors (Lipinski definition) is 1. The molecule has 1 saturated carbocycles. The van der Waals surface area contributed by atoms with Crippen molar-refractivity contribution >= 4 is 6.29 Å². The highest BCUT2D eigenvalue weighted by molar-refractivity contribution is 5.56. The summed E-state index contributed by atoms with van der Waals surface area (Å²) in [4.78, 5) is 11.9. The second-order valence-corrected chi connectivity index (χ2v) is 4.44. The van der Waals surface area contributed by atoms with Gasteiger partial charge in [-0.1, -0.05) is 0 Å². The Morgan fingerprint density at radius 3 is 2.21 bits per heavy atom. The molecular formula is C11H22N2O. The van der Waals surface area contributed by atoms with E-state index in [4.69, 9.17) is 0 Å². The molecule has 1 N–H and O–H groups in total. The van der Waals surface area contributed by atoms with Crippen molar-refractivity contribution < 1.29 is 4.79 Å². The van der Waals surface area contributed by atoms with Crippen LogP contribution in [0.15, 0.2) is 0 Å². The van der Waals surface area contributed by atoms with E-state index in [1.165, 1.54) is 25.9 Å². The van der Waals surface area contributed by atoms with Crippen LogP contribution in [0.4, 0.5) is 0 Å². The highest BCUT2D eigenvalue weighted by atomic mass is 16.1. The van der Waals surface area contributed by atoms with Crippen LogP contribution in [0.2, 0.25) is 0 Å². The quantitative estimate of drug-likeness (QED) is 0.669. The third-order valence-corrected chi connectivity index (χ3v) is 2.82. The van der Waals surface area contributed by atoms with Gasteiger partial charge >= 0.3 is 0 Å². The van der Waals surface area contributed by atoms with Gasteiger partial charge in [-0.2, -0.15) is 0 Å². The van der Waals surface area contributed by atoms with Crippen LogP contribution in [-0.2, 0) is 4.79 Å². The molecule has 2 aliphatic rings. The molecule has 2 fully saturated rings. The number of likely N-dealkylation sites (N-methyl/N-ethyl adjacent to an activating group) is 1. The van der Waals surface area contributed by atoms with Crippen molar-refractivity contribution in [2.75, 3.05) is 27.2 Å². The monoisotopic (exact) mass is 198 g/mol. The number of rotatable bonds is 2. The maximum atomic E-state index is 9.57. The molecule has 0 aromatic rings. The van der Waals surface area contributed by atoms with Crippen molar-refractivity contribution in [1.82, 2.24) is 10.2 Å². The first-order valence-corrected chi connectivity index (χ1v) is 5.56. The average Bonchev–Trinajstić information content (AvgIpc) is 3.03. The van der Waals surface area contributed by atoms with E-state index in [2.05, 4.69) is 24.3 Å². The molecule has 3 nitrogen and oxygen atoms in total. The van der Waals surface area contributed by atoms with Gasteiger partial charge < -0.3 is 15.0 Å². The molecule has 0 aromatic heterocycles. The predicted octanol–water partition coefficient (Wildman–Crippen LogP) is 0.895. The number of carbonyl (C=O) groups is 1. The van der Waals surface area contributed by atoms with Gasteiger partial charge in [0.05, 0.1) is 0 Å². The third-order valence-electron chi connectivity index (χ3n) is 2.82. The van der Waals surface area contributed by atoms with Crippen LogP contribution in [0.5, 0.6) is 0 Å². The fourth-order valence-electron chi connectivity index (χ4n) is 1.51. The Hall–Kier alpha value is -0.410. The van der Waals surface area contributed by atoms with Crippen LogP contribution in [0, 0.1) is 5.92 Å². The van der Waals surface area contributed by atoms with E-state index in [-0.39, 0.29) is 0 Å². The molecule has 1 aliphatic heterocycles. The number of carbonyl (C=O) groups excluding carboxylic acids is 1. The van der Waals surface area contributed by atoms with E-state index >= 15 is 0 Å². The minimum absolute atomic E-state index is 0.454. The van der Waals surface area contributed by atoms with Crippen LogP contribution < -0.4 is 5.32 Å². The molecular weight excluding hydrogens is 176 g/mol. The Morgan fingerprint density at radius 2 is 2.00 bits per heavy atom. The second kappa shape index (κ2) is 6.14. The van der Waals surface area contributed by atoms with Crippen LogP contribution in [0.1, 0.15) is 25.7 Å². The number of aldehydes is 1. The maximum Gasteiger partial charge on any atom is 0.123 e. The highest BCUT2D eigenvalue weighted by Crippen LogP contribution is 2.25. The molecule has 3 heteroatoms. The van der Waals surface area contributed by atoms with Crippen molar-refractivity contribution in [1.29, 1.82) is 0 Å². The first-order chi connectivity index (χ1) is 6.74. The standard InChI is InChI=1S/C7H16N2.C4H6O/c1-9(2)7-4-3-5-8-6-7;5-3-4-1-2-4/h7-8H,3-6H2,1-2H3;3-4H,1-2H2. The van der Waals surface area contributed by atoms with Gasteiger partial charge in [-0.25, -0.2) is 0 Å². The molecule has 1 unspecified atom stereocenters. The Labute approximate surface area is 86.9 Å². The molecule has 1 atom stereocenters. The molecule has 1 aliphatic carbocycles. The van der Waals surface area contributed by atoms with E-state index in [0.29, 0.717) is 5.92 Å². The smallest absolute Gasteiger partial charge is 0.123 e. The lowest BCUT2D eigenvalue weighted by Crippen LogP contribution is -2.42. The fourth-order valence-corrected chi connectivity index (χ4v) is 1.51. The topological polar surface area (TPSA) is 32.3 Å². The predicted molar refractivity (Wildman–Crippen MR) is 58.4 cm³/mol. The molecule has 82 valence electrons. The normalized spacial score (nSPS) is 26.6. The third kappa shape index (κ3) is 4.72. The van der Waals surface area contributed by atoms with Gasteiger partial charge in [-0.05, 0) is 46.3 Å². The number of piperidine rings is 1. The summed E-state index contributed by atoms with van der Waals surface area (Å²) in [6.45, 7) is 2.39. The van der Waals surface area contributed by atoms with Crippen LogP contribution in [-0.4, -0.2) is 44.4 Å². The van der Waals surface area contributed by atoms with Crippen molar-refractivity contribution in [3.05, 3.63) is 0 Å². The van der Waals surface area contributed by atoms with E-state index in [0.717, 1.165) is 25.2 Å². The van der Waals surface area contributed by atoms with Gasteiger partial charge in [0.1, 0.15) is 6.29 Å². The molecule has 1 heterocycles. The van der Waals surface area contributed by atoms with E-state index in [9.17, 15) is 4.79 Å². The van der Waals surface area contributed by atoms with E-state index in [1.807, 2.05) is 0 Å². The highest BCUT2D eigenvalue weighted by Gasteiger charge is 2.18. The Balaban J connectivity index is 0.000000165. The minimum atomic E-state index is 0.454. The lowest BCUT2D eigenvalue weighted by Gasteiger charge is -2.28. The second-order valence-electron chi connectivity index (χ2n) is 4.44. The molecule has 0 amide bonds. The molecule has 0 spiro atoms. The maximum absolute atomic E-state index is 9.57. The molecule has 0 radical (unpaired) electrons. The van der Waals surface area contributed by atoms with Crippen LogP contribution in [0.3, 0.4) is 0 Å². The summed E-state index contributed by atoms with van der Waals surface area (Å²) in [7, 11) is 4.30. The fraction of sp³-hybridized carbons (Fsp3) is 0.909. The summed E-state index contributed by atoms with van der Waals surface area (Å²) in [5.41, 5.74) is 0. The molecule has 2 rings (SSSR count). The van der Waals surface area contributed by atoms with Gasteiger partial charge in [0.25, 0.3) is 0 Å². The zero-order valence-corrected chi connectivity index (χ0v) is 9.33. The molecule has 1 saturated heterocycles. The van der Waals surface area contributed by atoms with Gasteiger partial charge in [-0.3, -0.25) is 0 Å². The van der Waals surface area contributed by atoms with Crippen molar-refractivity contribution in [3.63, 3.8) is 0 Å². The SMILES string of the molecule is CN(C)C1CCCNC1.O=CC1CC1. The Kier molecular flexibility index (Phi) is 5.12. The van der Waals surface area contributed by atoms with E-state index in [1.54, 1.807) is 0 Å². The minimum Gasteiger partial charge on any atom is -0.315 e. The largest absolute Gasteiger partial charge is 0.315 e. The number of nitrogens with zero attached hydrogens (tertiary/aromatic N) is 1. The Morgan fingerprint density at radius 1 is 1.29 bits per heavy atom. The van der Waals surface area contributed by atoms with Gasteiger partial charge in [-0.15, -0.1) is 0 Å². The van der Waals surface area contributed by atoms with E-state index < -0.39 is 0 Å². The summed E-state index contributed by atoms with van der Waals surface area (Å²) in [6.07, 6.45) is 6.01. The summed E-state index contributed by atoms with van der Waals surface area (Å²) >= 11 is 0.